The lowest BCUT2D eigenvalue weighted by Gasteiger charge is -1.19. The lowest BCUT2D eigenvalue weighted by molar-refractivity contribution is 1.48. The molecule has 0 spiro atoms. The highest BCUT2D eigenvalue weighted by Gasteiger charge is 0.836. The molecule has 4 heteroatoms. The van der Waals surface area contributed by atoms with Crippen LogP contribution >= 0.6 is 24.8 Å². The Kier molecular flexibility index (Phi) is 23900. The lowest BCUT2D eigenvalue weighted by atomic mass is 11.3. The number of rotatable bonds is 0. The molecular formula is C3H14Cl2N2. The summed E-state index contributed by atoms with van der Waals surface area (Å²) in [5.74, 6) is 0. The molecule has 0 aliphatic carbocycles. The number of hydrogen-bond acceptors (Lipinski definition) is 2. The molecule has 0 saturated heterocycles. The van der Waals surface area contributed by atoms with Crippen molar-refractivity contribution in [1.82, 2.24) is 6.15 Å². The maximum atomic E-state index is 4.50. The molecule has 0 atom stereocenters. The Bertz CT molecular complexity index is 10.9. The van der Waals surface area contributed by atoms with Crippen molar-refractivity contribution < 1.29 is 0 Å². The third-order valence-electron chi connectivity index (χ3n) is 0. The highest BCUT2D eigenvalue weighted by molar-refractivity contribution is 5.85. The Labute approximate surface area is 57.6 Å². The first kappa shape index (κ1) is 56.2. The Hall–Kier alpha value is 0.240. The average Bonchev–Trinajstić information content (AvgIpc) is 1.50. The molecule has 50 valence electrons. The fraction of sp³-hybridized carbons (Fsp3) is 0.333. The maximum Gasteiger partial charge on any atom is -0.0195 e. The topological polar surface area (TPSA) is 61.0 Å². The molecule has 0 fully saturated rings. The molecule has 0 bridgehead atoms. The molecule has 0 aromatic carbocycles. The minimum absolute atomic E-state index is 0. The average molecular weight is 149 g/mol. The number of hydrogen-bond donors (Lipinski definition) is 2. The SMILES string of the molecule is C=C.CN.Cl.Cl.N. The molecule has 0 amide bonds. The van der Waals surface area contributed by atoms with Gasteiger partial charge in [-0.2, -0.15) is 0 Å². The summed E-state index contributed by atoms with van der Waals surface area (Å²) in [5, 5.41) is 0. The number of nitrogens with two attached hydrogens (primary N) is 1. The summed E-state index contributed by atoms with van der Waals surface area (Å²) in [6.07, 6.45) is 0. The van der Waals surface area contributed by atoms with Crippen molar-refractivity contribution in [3.8, 4) is 0 Å². The van der Waals surface area contributed by atoms with E-state index in [4.69, 9.17) is 0 Å². The van der Waals surface area contributed by atoms with Crippen molar-refractivity contribution in [2.45, 2.75) is 0 Å². The minimum Gasteiger partial charge on any atom is -0.344 e. The molecule has 0 aliphatic rings. The lowest BCUT2D eigenvalue weighted by Crippen LogP contribution is -1.69. The van der Waals surface area contributed by atoms with Crippen molar-refractivity contribution in [3.05, 3.63) is 13.2 Å². The third-order valence-corrected chi connectivity index (χ3v) is 0. The highest BCUT2D eigenvalue weighted by atomic mass is 35.5. The summed E-state index contributed by atoms with van der Waals surface area (Å²) in [6, 6.07) is 0. The van der Waals surface area contributed by atoms with Crippen LogP contribution in [0.15, 0.2) is 13.2 Å². The second-order valence-corrected chi connectivity index (χ2v) is 0. The zero-order valence-corrected chi connectivity index (χ0v) is 6.15. The van der Waals surface area contributed by atoms with E-state index in [-0.39, 0.29) is 31.0 Å². The highest BCUT2D eigenvalue weighted by Crippen LogP contribution is 0.862. The van der Waals surface area contributed by atoms with E-state index in [1.165, 1.54) is 7.05 Å². The van der Waals surface area contributed by atoms with E-state index in [9.17, 15) is 0 Å². The van der Waals surface area contributed by atoms with Gasteiger partial charge in [-0.1, -0.05) is 0 Å². The molecule has 0 aromatic rings. The first-order valence-corrected chi connectivity index (χ1v) is 1.08. The first-order chi connectivity index (χ1) is 2.00. The number of halogens is 2. The second-order valence-electron chi connectivity index (χ2n) is 0. The Morgan fingerprint density at radius 2 is 1.00 bits per heavy atom. The quantitative estimate of drug-likeness (QED) is 0.511. The van der Waals surface area contributed by atoms with Crippen LogP contribution in [0.25, 0.3) is 0 Å². The van der Waals surface area contributed by atoms with E-state index in [1.807, 2.05) is 0 Å². The maximum absolute atomic E-state index is 4.50. The molecule has 0 rings (SSSR count). The standard InChI is InChI=1S/C2H4.CH5N.2ClH.H3N/c2*1-2;;;/h1-2H2;2H2,1H3;2*1H;1H3. The third kappa shape index (κ3) is 1950. The Morgan fingerprint density at radius 1 is 1.00 bits per heavy atom. The van der Waals surface area contributed by atoms with Gasteiger partial charge >= 0.3 is 0 Å². The zero-order valence-electron chi connectivity index (χ0n) is 4.52. The van der Waals surface area contributed by atoms with Crippen LogP contribution in [0.5, 0.6) is 0 Å². The molecule has 0 saturated carbocycles. The van der Waals surface area contributed by atoms with Gasteiger partial charge in [0, 0.05) is 0 Å². The van der Waals surface area contributed by atoms with Gasteiger partial charge in [-0.3, -0.25) is 0 Å². The normalized spacial score (nSPS) is 1.43. The van der Waals surface area contributed by atoms with Gasteiger partial charge in [-0.25, -0.2) is 0 Å². The summed E-state index contributed by atoms with van der Waals surface area (Å²) in [5.41, 5.74) is 4.50. The molecule has 7 heavy (non-hydrogen) atoms. The van der Waals surface area contributed by atoms with Gasteiger partial charge in [0.2, 0.25) is 0 Å². The molecule has 5 N–H and O–H groups in total. The first-order valence-electron chi connectivity index (χ1n) is 1.08. The molecule has 0 unspecified atom stereocenters. The van der Waals surface area contributed by atoms with E-state index >= 15 is 0 Å². The van der Waals surface area contributed by atoms with Crippen molar-refractivity contribution in [2.75, 3.05) is 7.05 Å². The molecule has 0 radical (unpaired) electrons. The zero-order chi connectivity index (χ0) is 4.00. The van der Waals surface area contributed by atoms with Gasteiger partial charge in [-0.15, -0.1) is 38.0 Å². The summed E-state index contributed by atoms with van der Waals surface area (Å²) in [7, 11) is 1.50. The van der Waals surface area contributed by atoms with Crippen molar-refractivity contribution in [2.24, 2.45) is 5.73 Å². The van der Waals surface area contributed by atoms with Crippen LogP contribution in [-0.4, -0.2) is 7.05 Å². The summed E-state index contributed by atoms with van der Waals surface area (Å²) < 4.78 is 0. The van der Waals surface area contributed by atoms with E-state index in [1.54, 1.807) is 0 Å². The van der Waals surface area contributed by atoms with Crippen LogP contribution in [0.2, 0.25) is 0 Å². The Balaban J connectivity index is -0.00000000267. The van der Waals surface area contributed by atoms with Gasteiger partial charge in [0.15, 0.2) is 0 Å². The predicted octanol–water partition coefficient (Wildman–Crippen LogP) is 1.38. The van der Waals surface area contributed by atoms with Crippen LogP contribution in [0.1, 0.15) is 0 Å². The summed E-state index contributed by atoms with van der Waals surface area (Å²) in [4.78, 5) is 0. The van der Waals surface area contributed by atoms with Crippen LogP contribution in [-0.2, 0) is 0 Å². The molecule has 2 nitrogen and oxygen atoms in total. The van der Waals surface area contributed by atoms with Crippen molar-refractivity contribution in [3.63, 3.8) is 0 Å². The van der Waals surface area contributed by atoms with Gasteiger partial charge < -0.3 is 11.9 Å². The fourth-order valence-electron chi connectivity index (χ4n) is 0. The Morgan fingerprint density at radius 3 is 1.00 bits per heavy atom. The van der Waals surface area contributed by atoms with Gasteiger partial charge in [0.25, 0.3) is 0 Å². The monoisotopic (exact) mass is 148 g/mol. The molecule has 0 heterocycles. The van der Waals surface area contributed by atoms with Gasteiger partial charge in [0.1, 0.15) is 0 Å². The van der Waals surface area contributed by atoms with Crippen molar-refractivity contribution >= 4 is 24.8 Å². The van der Waals surface area contributed by atoms with Crippen LogP contribution < -0.4 is 11.9 Å². The minimum atomic E-state index is 0. The largest absolute Gasteiger partial charge is 0.344 e. The van der Waals surface area contributed by atoms with Crippen LogP contribution in [0.3, 0.4) is 0 Å². The second kappa shape index (κ2) is 2970. The van der Waals surface area contributed by atoms with E-state index in [0.29, 0.717) is 0 Å². The molecular weight excluding hydrogens is 135 g/mol. The van der Waals surface area contributed by atoms with E-state index in [2.05, 4.69) is 18.9 Å². The van der Waals surface area contributed by atoms with Crippen LogP contribution in [0, 0.1) is 0 Å². The van der Waals surface area contributed by atoms with E-state index < -0.39 is 0 Å². The fourth-order valence-corrected chi connectivity index (χ4v) is 0. The smallest absolute Gasteiger partial charge is 0.0195 e. The summed E-state index contributed by atoms with van der Waals surface area (Å²) >= 11 is 0. The molecule has 0 aliphatic heterocycles. The predicted molar refractivity (Wildman–Crippen MR) is 40.9 cm³/mol. The van der Waals surface area contributed by atoms with Gasteiger partial charge in [0.05, 0.1) is 0 Å². The van der Waals surface area contributed by atoms with Gasteiger partial charge in [-0.05, 0) is 7.05 Å². The van der Waals surface area contributed by atoms with Crippen molar-refractivity contribution in [1.29, 1.82) is 0 Å². The summed E-state index contributed by atoms with van der Waals surface area (Å²) in [6.45, 7) is 6.00. The van der Waals surface area contributed by atoms with E-state index in [0.717, 1.165) is 0 Å². The van der Waals surface area contributed by atoms with Crippen LogP contribution in [0.4, 0.5) is 0 Å². The molecule has 0 aromatic heterocycles.